The fourth-order valence-corrected chi connectivity index (χ4v) is 9.31. The van der Waals surface area contributed by atoms with E-state index in [1.807, 2.05) is 0 Å². The Kier molecular flexibility index (Phi) is 63.0. The molecule has 7 heteroatoms. The van der Waals surface area contributed by atoms with Gasteiger partial charge in [0.1, 0.15) is 0 Å². The Balaban J connectivity index is 5.46. The molecule has 0 aromatic heterocycles. The zero-order valence-electron chi connectivity index (χ0n) is 50.2. The molecule has 0 heterocycles. The molecule has 0 bridgehead atoms. The third kappa shape index (κ3) is 57.2. The van der Waals surface area contributed by atoms with Crippen molar-refractivity contribution in [3.8, 4) is 0 Å². The summed E-state index contributed by atoms with van der Waals surface area (Å²) in [6.45, 7) is 18.3. The maximum absolute atomic E-state index is 6.66. The molecule has 0 aliphatic heterocycles. The van der Waals surface area contributed by atoms with Gasteiger partial charge in [-0.25, -0.2) is 0 Å². The van der Waals surface area contributed by atoms with Gasteiger partial charge < -0.3 is 33.2 Å². The second kappa shape index (κ2) is 63.7. The Labute approximate surface area is 457 Å². The third-order valence-electron chi connectivity index (χ3n) is 14.2. The predicted octanol–water partition coefficient (Wildman–Crippen LogP) is 21.6. The molecule has 0 aliphatic carbocycles. The number of ether oxygens (including phenoxy) is 7. The van der Waals surface area contributed by atoms with E-state index < -0.39 is 12.6 Å². The van der Waals surface area contributed by atoms with Crippen molar-refractivity contribution in [1.82, 2.24) is 0 Å². The summed E-state index contributed by atoms with van der Waals surface area (Å²) in [5.41, 5.74) is 0. The van der Waals surface area contributed by atoms with E-state index in [-0.39, 0.29) is 12.6 Å². The normalized spacial score (nSPS) is 13.0. The molecular weight excluding hydrogens is 905 g/mol. The summed E-state index contributed by atoms with van der Waals surface area (Å²) in [5, 5.41) is 0. The van der Waals surface area contributed by atoms with Crippen LogP contribution in [0.5, 0.6) is 0 Å². The fourth-order valence-electron chi connectivity index (χ4n) is 9.31. The largest absolute Gasteiger partial charge is 0.353 e. The lowest BCUT2D eigenvalue weighted by atomic mass is 10.1. The molecule has 2 unspecified atom stereocenters. The van der Waals surface area contributed by atoms with Gasteiger partial charge in [0, 0.05) is 26.4 Å². The van der Waals surface area contributed by atoms with Crippen molar-refractivity contribution in [1.29, 1.82) is 0 Å². The van der Waals surface area contributed by atoms with Gasteiger partial charge in [-0.2, -0.15) is 0 Å². The van der Waals surface area contributed by atoms with Gasteiger partial charge in [-0.05, 0) is 102 Å². The van der Waals surface area contributed by atoms with E-state index in [1.54, 1.807) is 0 Å². The lowest BCUT2D eigenvalue weighted by Gasteiger charge is -2.22. The van der Waals surface area contributed by atoms with Crippen LogP contribution in [0.1, 0.15) is 337 Å². The quantitative estimate of drug-likeness (QED) is 0.0342. The van der Waals surface area contributed by atoms with E-state index in [4.69, 9.17) is 33.2 Å². The zero-order valence-corrected chi connectivity index (χ0v) is 50.2. The van der Waals surface area contributed by atoms with Crippen LogP contribution in [0.2, 0.25) is 0 Å². The van der Waals surface area contributed by atoms with Crippen LogP contribution in [-0.4, -0.2) is 64.8 Å². The highest BCUT2D eigenvalue weighted by molar-refractivity contribution is 4.90. The second-order valence-electron chi connectivity index (χ2n) is 21.7. The first-order chi connectivity index (χ1) is 36.1. The molecule has 0 rings (SSSR count). The molecule has 0 spiro atoms. The lowest BCUT2D eigenvalue weighted by molar-refractivity contribution is -0.208. The summed E-state index contributed by atoms with van der Waals surface area (Å²) >= 11 is 0. The molecule has 0 saturated heterocycles. The minimum atomic E-state index is -0.438. The fraction of sp³-hybridized carbons (Fsp3) is 0.939. The molecule has 0 N–H and O–H groups in total. The van der Waals surface area contributed by atoms with Crippen molar-refractivity contribution in [3.05, 3.63) is 24.3 Å². The van der Waals surface area contributed by atoms with Crippen LogP contribution in [0.15, 0.2) is 24.3 Å². The molecule has 0 saturated carbocycles. The van der Waals surface area contributed by atoms with Crippen LogP contribution < -0.4 is 0 Å². The Bertz CT molecular complexity index is 932. The molecule has 73 heavy (non-hydrogen) atoms. The molecular formula is C66H130O7. The minimum Gasteiger partial charge on any atom is -0.353 e. The average Bonchev–Trinajstić information content (AvgIpc) is 3.40. The molecule has 436 valence electrons. The van der Waals surface area contributed by atoms with Crippen LogP contribution in [0.25, 0.3) is 0 Å². The number of allylic oxidation sites excluding steroid dienone is 2. The van der Waals surface area contributed by atoms with Crippen molar-refractivity contribution in [2.45, 2.75) is 362 Å². The van der Waals surface area contributed by atoms with Crippen molar-refractivity contribution in [2.75, 3.05) is 39.6 Å². The number of unbranched alkanes of at least 4 members (excludes halogenated alkanes) is 36. The number of hydrogen-bond acceptors (Lipinski definition) is 7. The minimum absolute atomic E-state index is 0.0921. The van der Waals surface area contributed by atoms with Gasteiger partial charge in [-0.1, -0.05) is 259 Å². The van der Waals surface area contributed by atoms with Gasteiger partial charge in [-0.3, -0.25) is 0 Å². The average molecular weight is 1040 g/mol. The van der Waals surface area contributed by atoms with Gasteiger partial charge >= 0.3 is 0 Å². The van der Waals surface area contributed by atoms with Crippen LogP contribution >= 0.6 is 0 Å². The number of rotatable bonds is 64. The first-order valence-electron chi connectivity index (χ1n) is 32.8. The van der Waals surface area contributed by atoms with E-state index in [2.05, 4.69) is 65.8 Å². The lowest BCUT2D eigenvalue weighted by Crippen LogP contribution is -2.25. The van der Waals surface area contributed by atoms with Crippen molar-refractivity contribution in [2.24, 2.45) is 0 Å². The molecule has 0 aromatic rings. The number of hydrogen-bond donors (Lipinski definition) is 0. The van der Waals surface area contributed by atoms with E-state index >= 15 is 0 Å². The summed E-state index contributed by atoms with van der Waals surface area (Å²) in [7, 11) is 0. The van der Waals surface area contributed by atoms with E-state index in [9.17, 15) is 0 Å². The maximum atomic E-state index is 6.66. The maximum Gasteiger partial charge on any atom is 0.180 e. The molecule has 2 atom stereocenters. The van der Waals surface area contributed by atoms with Gasteiger partial charge in [0.2, 0.25) is 0 Å². The van der Waals surface area contributed by atoms with E-state index in [1.165, 1.54) is 205 Å². The SMILES string of the molecule is CCCCCCCCCOC(CCCCC=CC(OCCCCCCC)OC(C=CCCCCC(OCCCCCCCCC)OCCCCCCCCC)OCCCCCCC)OCCCCCCCCC. The van der Waals surface area contributed by atoms with Crippen LogP contribution in [-0.2, 0) is 33.2 Å². The Morgan fingerprint density at radius 2 is 0.452 bits per heavy atom. The molecule has 0 aliphatic rings. The summed E-state index contributed by atoms with van der Waals surface area (Å²) in [4.78, 5) is 0. The van der Waals surface area contributed by atoms with E-state index in [0.29, 0.717) is 13.2 Å². The smallest absolute Gasteiger partial charge is 0.180 e. The van der Waals surface area contributed by atoms with Crippen LogP contribution in [0, 0.1) is 0 Å². The topological polar surface area (TPSA) is 64.6 Å². The molecule has 0 radical (unpaired) electrons. The van der Waals surface area contributed by atoms with Gasteiger partial charge in [-0.15, -0.1) is 0 Å². The molecule has 7 nitrogen and oxygen atoms in total. The molecule has 0 amide bonds. The van der Waals surface area contributed by atoms with Crippen molar-refractivity contribution in [3.63, 3.8) is 0 Å². The first kappa shape index (κ1) is 72.2. The summed E-state index contributed by atoms with van der Waals surface area (Å²) < 4.78 is 45.1. The molecule has 0 aromatic carbocycles. The van der Waals surface area contributed by atoms with Gasteiger partial charge in [0.05, 0.1) is 13.2 Å². The third-order valence-corrected chi connectivity index (χ3v) is 14.2. The first-order valence-corrected chi connectivity index (χ1v) is 32.8. The highest BCUT2D eigenvalue weighted by Crippen LogP contribution is 2.18. The Hall–Kier alpha value is -0.800. The van der Waals surface area contributed by atoms with Gasteiger partial charge in [0.25, 0.3) is 0 Å². The van der Waals surface area contributed by atoms with Gasteiger partial charge in [0.15, 0.2) is 25.2 Å². The van der Waals surface area contributed by atoms with Crippen molar-refractivity contribution < 1.29 is 33.2 Å². The highest BCUT2D eigenvalue weighted by atomic mass is 16.8. The zero-order chi connectivity index (χ0) is 52.9. The second-order valence-corrected chi connectivity index (χ2v) is 21.7. The Morgan fingerprint density at radius 1 is 0.233 bits per heavy atom. The van der Waals surface area contributed by atoms with Crippen molar-refractivity contribution >= 4 is 0 Å². The van der Waals surface area contributed by atoms with Crippen LogP contribution in [0.3, 0.4) is 0 Å². The monoisotopic (exact) mass is 1030 g/mol. The van der Waals surface area contributed by atoms with E-state index in [0.717, 1.165) is 116 Å². The highest BCUT2D eigenvalue weighted by Gasteiger charge is 2.15. The predicted molar refractivity (Wildman–Crippen MR) is 317 cm³/mol. The Morgan fingerprint density at radius 3 is 0.699 bits per heavy atom. The molecule has 0 fully saturated rings. The summed E-state index contributed by atoms with van der Waals surface area (Å²) in [6.07, 6.45) is 64.4. The standard InChI is InChI=1S/C66H130O7/c1-7-13-19-25-29-39-49-57-67-63(68-58-50-40-30-26-20-14-8-2)53-43-33-35-45-55-65(71-61-47-37-23-17-11-5)73-66(72-62-48-38-24-18-12-6)56-46-36-34-44-54-64(69-59-51-41-31-27-21-15-9-3)70-60-52-42-32-28-22-16-10-4/h45-46,55-56,63-66H,7-44,47-54,57-62H2,1-6H3. The van der Waals surface area contributed by atoms with Crippen LogP contribution in [0.4, 0.5) is 0 Å². The summed E-state index contributed by atoms with van der Waals surface area (Å²) in [5.74, 6) is 0. The summed E-state index contributed by atoms with van der Waals surface area (Å²) in [6, 6.07) is 0.